The first-order valence-corrected chi connectivity index (χ1v) is 6.98. The lowest BCUT2D eigenvalue weighted by Gasteiger charge is -2.23. The highest BCUT2D eigenvalue weighted by atomic mass is 127. The van der Waals surface area contributed by atoms with E-state index < -0.39 is 4.92 Å². The Labute approximate surface area is 123 Å². The number of hydrogen-bond donors (Lipinski definition) is 1. The second-order valence-electron chi connectivity index (χ2n) is 4.40. The van der Waals surface area contributed by atoms with Gasteiger partial charge >= 0.3 is 0 Å². The molecule has 19 heavy (non-hydrogen) atoms. The number of carbonyl (C=O) groups excluding carboxylic acids is 1. The van der Waals surface area contributed by atoms with Gasteiger partial charge in [0.15, 0.2) is 0 Å². The van der Waals surface area contributed by atoms with E-state index in [0.29, 0.717) is 15.7 Å². The van der Waals surface area contributed by atoms with Gasteiger partial charge in [0, 0.05) is 22.2 Å². The predicted molar refractivity (Wildman–Crippen MR) is 77.0 cm³/mol. The van der Waals surface area contributed by atoms with Gasteiger partial charge in [-0.1, -0.05) is 0 Å². The van der Waals surface area contributed by atoms with Crippen LogP contribution in [0.5, 0.6) is 0 Å². The minimum Gasteiger partial charge on any atom is -0.394 e. The molecule has 1 aromatic rings. The zero-order chi connectivity index (χ0) is 14.0. The highest BCUT2D eigenvalue weighted by Gasteiger charge is 2.30. The van der Waals surface area contributed by atoms with Crippen LogP contribution in [-0.4, -0.2) is 40.0 Å². The number of amides is 1. The fraction of sp³-hybridized carbons (Fsp3) is 0.417. The van der Waals surface area contributed by atoms with Crippen molar-refractivity contribution >= 4 is 34.2 Å². The number of likely N-dealkylation sites (tertiary alicyclic amines) is 1. The minimum atomic E-state index is -0.514. The topological polar surface area (TPSA) is 83.7 Å². The highest BCUT2D eigenvalue weighted by Crippen LogP contribution is 2.25. The maximum Gasteiger partial charge on any atom is 0.270 e. The van der Waals surface area contributed by atoms with Gasteiger partial charge in [0.05, 0.1) is 23.1 Å². The molecule has 1 aliphatic heterocycles. The number of aliphatic hydroxyl groups is 1. The average Bonchev–Trinajstić information content (AvgIpc) is 2.86. The molecule has 7 heteroatoms. The molecule has 6 nitrogen and oxygen atoms in total. The molecule has 0 aliphatic carbocycles. The maximum absolute atomic E-state index is 12.4. The SMILES string of the molecule is O=C(c1cc([N+](=O)[O-])ccc1I)N1CCC[C@@H]1CO. The van der Waals surface area contributed by atoms with Crippen molar-refractivity contribution in [2.75, 3.05) is 13.2 Å². The second kappa shape index (κ2) is 5.83. The Morgan fingerprint density at radius 1 is 1.58 bits per heavy atom. The molecule has 0 spiro atoms. The lowest BCUT2D eigenvalue weighted by molar-refractivity contribution is -0.384. The number of hydrogen-bond acceptors (Lipinski definition) is 4. The van der Waals surface area contributed by atoms with Gasteiger partial charge in [0.25, 0.3) is 11.6 Å². The van der Waals surface area contributed by atoms with Gasteiger partial charge in [0.2, 0.25) is 0 Å². The van der Waals surface area contributed by atoms with E-state index in [0.717, 1.165) is 12.8 Å². The number of nitro benzene ring substituents is 1. The van der Waals surface area contributed by atoms with E-state index in [9.17, 15) is 20.0 Å². The molecule has 0 unspecified atom stereocenters. The third-order valence-corrected chi connectivity index (χ3v) is 4.18. The first-order chi connectivity index (χ1) is 9.04. The van der Waals surface area contributed by atoms with Crippen LogP contribution in [0.25, 0.3) is 0 Å². The van der Waals surface area contributed by atoms with E-state index in [-0.39, 0.29) is 24.2 Å². The summed E-state index contributed by atoms with van der Waals surface area (Å²) in [6, 6.07) is 4.07. The van der Waals surface area contributed by atoms with Crippen LogP contribution in [0.3, 0.4) is 0 Å². The molecule has 0 radical (unpaired) electrons. The molecule has 1 atom stereocenters. The smallest absolute Gasteiger partial charge is 0.270 e. The van der Waals surface area contributed by atoms with E-state index in [1.54, 1.807) is 11.0 Å². The standard InChI is InChI=1S/C12H13IN2O4/c13-11-4-3-8(15(18)19)6-10(11)12(17)14-5-1-2-9(14)7-16/h3-4,6,9,16H,1-2,5,7H2/t9-/m1/s1. The predicted octanol–water partition coefficient (Wildman–Crippen LogP) is 1.80. The summed E-state index contributed by atoms with van der Waals surface area (Å²) in [5.41, 5.74) is 0.235. The molecule has 1 saturated heterocycles. The van der Waals surface area contributed by atoms with Crippen LogP contribution in [0.2, 0.25) is 0 Å². The molecule has 0 saturated carbocycles. The zero-order valence-electron chi connectivity index (χ0n) is 10.1. The van der Waals surface area contributed by atoms with Crippen molar-refractivity contribution in [3.8, 4) is 0 Å². The van der Waals surface area contributed by atoms with Crippen LogP contribution in [0, 0.1) is 13.7 Å². The first-order valence-electron chi connectivity index (χ1n) is 5.90. The highest BCUT2D eigenvalue weighted by molar-refractivity contribution is 14.1. The molecular weight excluding hydrogens is 363 g/mol. The molecule has 0 aromatic heterocycles. The Bertz CT molecular complexity index is 520. The monoisotopic (exact) mass is 376 g/mol. The quantitative estimate of drug-likeness (QED) is 0.496. The van der Waals surface area contributed by atoms with E-state index in [1.807, 2.05) is 22.6 Å². The molecule has 102 valence electrons. The summed E-state index contributed by atoms with van der Waals surface area (Å²) in [6.45, 7) is 0.514. The van der Waals surface area contributed by atoms with Crippen molar-refractivity contribution in [1.29, 1.82) is 0 Å². The molecule has 1 heterocycles. The normalized spacial score (nSPS) is 18.6. The van der Waals surface area contributed by atoms with Crippen LogP contribution in [0.1, 0.15) is 23.2 Å². The summed E-state index contributed by atoms with van der Waals surface area (Å²) in [6.07, 6.45) is 1.62. The van der Waals surface area contributed by atoms with Crippen molar-refractivity contribution in [1.82, 2.24) is 4.90 Å². The number of nitrogens with zero attached hydrogens (tertiary/aromatic N) is 2. The summed E-state index contributed by atoms with van der Waals surface area (Å²) in [7, 11) is 0. The van der Waals surface area contributed by atoms with Crippen LogP contribution < -0.4 is 0 Å². The molecule has 0 bridgehead atoms. The second-order valence-corrected chi connectivity index (χ2v) is 5.56. The third kappa shape index (κ3) is 2.86. The van der Waals surface area contributed by atoms with Crippen molar-refractivity contribution in [2.45, 2.75) is 18.9 Å². The van der Waals surface area contributed by atoms with E-state index in [4.69, 9.17) is 0 Å². The number of halogens is 1. The number of aliphatic hydroxyl groups excluding tert-OH is 1. The maximum atomic E-state index is 12.4. The van der Waals surface area contributed by atoms with Gasteiger partial charge in [-0.05, 0) is 41.5 Å². The molecule has 2 rings (SSSR count). The van der Waals surface area contributed by atoms with Gasteiger partial charge in [-0.25, -0.2) is 0 Å². The lowest BCUT2D eigenvalue weighted by atomic mass is 10.1. The Morgan fingerprint density at radius 3 is 2.95 bits per heavy atom. The van der Waals surface area contributed by atoms with Crippen LogP contribution in [-0.2, 0) is 0 Å². The number of benzene rings is 1. The van der Waals surface area contributed by atoms with Crippen LogP contribution >= 0.6 is 22.6 Å². The van der Waals surface area contributed by atoms with Gasteiger partial charge in [-0.15, -0.1) is 0 Å². The fourth-order valence-electron chi connectivity index (χ4n) is 2.24. The van der Waals surface area contributed by atoms with Gasteiger partial charge < -0.3 is 10.0 Å². The van der Waals surface area contributed by atoms with E-state index in [2.05, 4.69) is 0 Å². The van der Waals surface area contributed by atoms with Crippen molar-refractivity contribution in [3.05, 3.63) is 37.4 Å². The van der Waals surface area contributed by atoms with Crippen molar-refractivity contribution < 1.29 is 14.8 Å². The number of non-ortho nitro benzene ring substituents is 1. The molecule has 1 amide bonds. The Hall–Kier alpha value is -1.22. The summed E-state index contributed by atoms with van der Waals surface area (Å²) in [5.74, 6) is -0.246. The number of nitro groups is 1. The summed E-state index contributed by atoms with van der Waals surface area (Å²) in [5, 5.41) is 20.0. The van der Waals surface area contributed by atoms with E-state index >= 15 is 0 Å². The fourth-order valence-corrected chi connectivity index (χ4v) is 2.80. The lowest BCUT2D eigenvalue weighted by Crippen LogP contribution is -2.38. The summed E-state index contributed by atoms with van der Waals surface area (Å²) < 4.78 is 0.678. The van der Waals surface area contributed by atoms with Gasteiger partial charge in [-0.3, -0.25) is 14.9 Å². The van der Waals surface area contributed by atoms with Crippen molar-refractivity contribution in [3.63, 3.8) is 0 Å². The third-order valence-electron chi connectivity index (χ3n) is 3.24. The van der Waals surface area contributed by atoms with Gasteiger partial charge in [0.1, 0.15) is 0 Å². The summed E-state index contributed by atoms with van der Waals surface area (Å²) >= 11 is 1.99. The molecule has 1 N–H and O–H groups in total. The largest absolute Gasteiger partial charge is 0.394 e. The van der Waals surface area contributed by atoms with E-state index in [1.165, 1.54) is 12.1 Å². The molecule has 1 fully saturated rings. The van der Waals surface area contributed by atoms with Gasteiger partial charge in [-0.2, -0.15) is 0 Å². The molecule has 1 aromatic carbocycles. The molecular formula is C12H13IN2O4. The number of carbonyl (C=O) groups is 1. The Morgan fingerprint density at radius 2 is 2.32 bits per heavy atom. The zero-order valence-corrected chi connectivity index (χ0v) is 12.2. The Balaban J connectivity index is 2.32. The molecule has 1 aliphatic rings. The Kier molecular flexibility index (Phi) is 4.35. The minimum absolute atomic E-state index is 0.0722. The summed E-state index contributed by atoms with van der Waals surface area (Å²) in [4.78, 5) is 24.3. The first kappa shape index (κ1) is 14.2. The average molecular weight is 376 g/mol. The van der Waals surface area contributed by atoms with Crippen LogP contribution in [0.15, 0.2) is 18.2 Å². The number of rotatable bonds is 3. The van der Waals surface area contributed by atoms with Crippen LogP contribution in [0.4, 0.5) is 5.69 Å². The van der Waals surface area contributed by atoms with Crippen molar-refractivity contribution in [2.24, 2.45) is 0 Å².